The smallest absolute Gasteiger partial charge is 0.347 e. The third-order valence-corrected chi connectivity index (χ3v) is 4.08. The number of rotatable bonds is 6. The van der Waals surface area contributed by atoms with Gasteiger partial charge in [-0.2, -0.15) is 0 Å². The van der Waals surface area contributed by atoms with Crippen molar-refractivity contribution in [2.24, 2.45) is 0 Å². The lowest BCUT2D eigenvalue weighted by atomic mass is 10.2. The minimum atomic E-state index is -1.02. The van der Waals surface area contributed by atoms with Gasteiger partial charge in [-0.3, -0.25) is 4.79 Å². The van der Waals surface area contributed by atoms with Crippen LogP contribution in [0.15, 0.2) is 47.3 Å². The van der Waals surface area contributed by atoms with Gasteiger partial charge in [0.05, 0.1) is 11.0 Å². The number of benzene rings is 2. The molecule has 0 radical (unpaired) electrons. The Balaban J connectivity index is 1.57. The Morgan fingerprint density at radius 2 is 1.75 bits per heavy atom. The standard InChI is InChI=1S/C20H21N3O5/c1-11-5-4-6-15(9-11)27-13(3)19(25)28-12(2)18(24)21-14-7-8-16-17(10-14)23-20(26)22-16/h4-10,12-13H,1-3H3,(H,21,24)(H2,22,23,26)/t12-,13+/m0/s1. The molecule has 1 aromatic heterocycles. The molecule has 146 valence electrons. The molecule has 0 fully saturated rings. The molecule has 0 saturated carbocycles. The zero-order chi connectivity index (χ0) is 20.3. The van der Waals surface area contributed by atoms with Crippen LogP contribution in [0.1, 0.15) is 19.4 Å². The van der Waals surface area contributed by atoms with Crippen molar-refractivity contribution in [3.63, 3.8) is 0 Å². The second-order valence-corrected chi connectivity index (χ2v) is 6.48. The molecule has 2 atom stereocenters. The topological polar surface area (TPSA) is 113 Å². The van der Waals surface area contributed by atoms with E-state index in [2.05, 4.69) is 15.3 Å². The van der Waals surface area contributed by atoms with E-state index in [9.17, 15) is 14.4 Å². The van der Waals surface area contributed by atoms with E-state index in [1.54, 1.807) is 37.3 Å². The molecule has 1 amide bonds. The number of imidazole rings is 1. The molecule has 0 aliphatic carbocycles. The molecule has 8 nitrogen and oxygen atoms in total. The number of esters is 1. The highest BCUT2D eigenvalue weighted by Gasteiger charge is 2.23. The third kappa shape index (κ3) is 4.59. The van der Waals surface area contributed by atoms with Crippen LogP contribution >= 0.6 is 0 Å². The molecular weight excluding hydrogens is 362 g/mol. The van der Waals surface area contributed by atoms with Crippen LogP contribution in [0.5, 0.6) is 5.75 Å². The quantitative estimate of drug-likeness (QED) is 0.566. The van der Waals surface area contributed by atoms with Crippen molar-refractivity contribution >= 4 is 28.6 Å². The van der Waals surface area contributed by atoms with E-state index in [1.165, 1.54) is 6.92 Å². The second kappa shape index (κ2) is 7.99. The van der Waals surface area contributed by atoms with Gasteiger partial charge in [-0.05, 0) is 56.7 Å². The van der Waals surface area contributed by atoms with E-state index >= 15 is 0 Å². The predicted octanol–water partition coefficient (Wildman–Crippen LogP) is 2.50. The number of carbonyl (C=O) groups excluding carboxylic acids is 2. The number of hydrogen-bond acceptors (Lipinski definition) is 5. The molecule has 8 heteroatoms. The molecule has 3 N–H and O–H groups in total. The number of ether oxygens (including phenoxy) is 2. The maximum atomic E-state index is 12.3. The average molecular weight is 383 g/mol. The maximum absolute atomic E-state index is 12.3. The number of fused-ring (bicyclic) bond motifs is 1. The molecule has 2 aromatic carbocycles. The maximum Gasteiger partial charge on any atom is 0.347 e. The molecule has 0 unspecified atom stereocenters. The first kappa shape index (κ1) is 19.2. The second-order valence-electron chi connectivity index (χ2n) is 6.48. The van der Waals surface area contributed by atoms with Crippen LogP contribution < -0.4 is 15.7 Å². The van der Waals surface area contributed by atoms with Crippen molar-refractivity contribution < 1.29 is 19.1 Å². The minimum absolute atomic E-state index is 0.330. The zero-order valence-corrected chi connectivity index (χ0v) is 15.7. The SMILES string of the molecule is Cc1cccc(O[C@H](C)C(=O)O[C@@H](C)C(=O)Nc2ccc3[nH]c(=O)[nH]c3c2)c1. The predicted molar refractivity (Wildman–Crippen MR) is 104 cm³/mol. The van der Waals surface area contributed by atoms with E-state index in [1.807, 2.05) is 19.1 Å². The lowest BCUT2D eigenvalue weighted by Gasteiger charge is -2.18. The summed E-state index contributed by atoms with van der Waals surface area (Å²) >= 11 is 0. The minimum Gasteiger partial charge on any atom is -0.479 e. The molecule has 0 aliphatic rings. The highest BCUT2D eigenvalue weighted by atomic mass is 16.6. The Hall–Kier alpha value is -3.55. The summed E-state index contributed by atoms with van der Waals surface area (Å²) in [6.07, 6.45) is -1.88. The van der Waals surface area contributed by atoms with Gasteiger partial charge in [0, 0.05) is 5.69 Å². The fraction of sp³-hybridized carbons (Fsp3) is 0.250. The van der Waals surface area contributed by atoms with E-state index < -0.39 is 24.1 Å². The summed E-state index contributed by atoms with van der Waals surface area (Å²) in [5, 5.41) is 2.65. The fourth-order valence-electron chi connectivity index (χ4n) is 2.62. The molecular formula is C20H21N3O5. The number of H-pyrrole nitrogens is 2. The molecule has 3 rings (SSSR count). The summed E-state index contributed by atoms with van der Waals surface area (Å²) in [5.74, 6) is -0.585. The van der Waals surface area contributed by atoms with Gasteiger partial charge >= 0.3 is 11.7 Å². The Labute approximate surface area is 160 Å². The fourth-order valence-corrected chi connectivity index (χ4v) is 2.62. The Morgan fingerprint density at radius 3 is 2.50 bits per heavy atom. The molecule has 0 bridgehead atoms. The third-order valence-electron chi connectivity index (χ3n) is 4.08. The first-order valence-corrected chi connectivity index (χ1v) is 8.78. The molecule has 1 heterocycles. The van der Waals surface area contributed by atoms with Gasteiger partial charge in [0.2, 0.25) is 0 Å². The van der Waals surface area contributed by atoms with Gasteiger partial charge in [0.25, 0.3) is 5.91 Å². The lowest BCUT2D eigenvalue weighted by molar-refractivity contribution is -0.159. The molecule has 28 heavy (non-hydrogen) atoms. The van der Waals surface area contributed by atoms with E-state index in [0.717, 1.165) is 5.56 Å². The van der Waals surface area contributed by atoms with E-state index in [4.69, 9.17) is 9.47 Å². The number of hydrogen-bond donors (Lipinski definition) is 3. The Bertz CT molecular complexity index is 1070. The van der Waals surface area contributed by atoms with Crippen LogP contribution in [0, 0.1) is 6.92 Å². The van der Waals surface area contributed by atoms with Crippen molar-refractivity contribution in [1.82, 2.24) is 9.97 Å². The van der Waals surface area contributed by atoms with E-state index in [0.29, 0.717) is 22.5 Å². The van der Waals surface area contributed by atoms with Crippen LogP contribution in [-0.4, -0.2) is 34.1 Å². The first-order valence-electron chi connectivity index (χ1n) is 8.78. The van der Waals surface area contributed by atoms with Crippen LogP contribution in [0.2, 0.25) is 0 Å². The Kier molecular flexibility index (Phi) is 5.49. The molecule has 0 spiro atoms. The van der Waals surface area contributed by atoms with Gasteiger partial charge in [-0.1, -0.05) is 12.1 Å². The number of aryl methyl sites for hydroxylation is 1. The van der Waals surface area contributed by atoms with Crippen molar-refractivity contribution in [1.29, 1.82) is 0 Å². The van der Waals surface area contributed by atoms with Gasteiger partial charge < -0.3 is 24.8 Å². The highest BCUT2D eigenvalue weighted by Crippen LogP contribution is 2.16. The van der Waals surface area contributed by atoms with Gasteiger partial charge in [0.1, 0.15) is 5.75 Å². The largest absolute Gasteiger partial charge is 0.479 e. The number of anilines is 1. The first-order chi connectivity index (χ1) is 13.3. The van der Waals surface area contributed by atoms with Crippen molar-refractivity contribution in [3.05, 3.63) is 58.5 Å². The van der Waals surface area contributed by atoms with Crippen molar-refractivity contribution in [2.45, 2.75) is 33.0 Å². The number of carbonyl (C=O) groups is 2. The summed E-state index contributed by atoms with van der Waals surface area (Å²) in [7, 11) is 0. The van der Waals surface area contributed by atoms with Gasteiger partial charge in [-0.15, -0.1) is 0 Å². The normalized spacial score (nSPS) is 13.0. The van der Waals surface area contributed by atoms with Crippen LogP contribution in [-0.2, 0) is 14.3 Å². The number of aromatic nitrogens is 2. The van der Waals surface area contributed by atoms with Gasteiger partial charge in [0.15, 0.2) is 12.2 Å². The molecule has 0 saturated heterocycles. The molecule has 0 aliphatic heterocycles. The summed E-state index contributed by atoms with van der Waals surface area (Å²) in [4.78, 5) is 41.0. The number of amides is 1. The monoisotopic (exact) mass is 383 g/mol. The summed E-state index contributed by atoms with van der Waals surface area (Å²) in [6, 6.07) is 12.2. The number of nitrogens with one attached hydrogen (secondary N) is 3. The molecule has 3 aromatic rings. The summed E-state index contributed by atoms with van der Waals surface area (Å²) in [5.41, 5.74) is 2.34. The Morgan fingerprint density at radius 1 is 1.00 bits per heavy atom. The zero-order valence-electron chi connectivity index (χ0n) is 15.7. The lowest BCUT2D eigenvalue weighted by Crippen LogP contribution is -2.35. The number of aromatic amines is 2. The van der Waals surface area contributed by atoms with E-state index in [-0.39, 0.29) is 5.69 Å². The van der Waals surface area contributed by atoms with Gasteiger partial charge in [-0.25, -0.2) is 9.59 Å². The highest BCUT2D eigenvalue weighted by molar-refractivity contribution is 5.96. The average Bonchev–Trinajstić information content (AvgIpc) is 3.00. The van der Waals surface area contributed by atoms with Crippen molar-refractivity contribution in [3.8, 4) is 5.75 Å². The van der Waals surface area contributed by atoms with Crippen molar-refractivity contribution in [2.75, 3.05) is 5.32 Å². The summed E-state index contributed by atoms with van der Waals surface area (Å²) < 4.78 is 10.8. The van der Waals surface area contributed by atoms with Crippen LogP contribution in [0.3, 0.4) is 0 Å². The van der Waals surface area contributed by atoms with Crippen LogP contribution in [0.25, 0.3) is 11.0 Å². The summed E-state index contributed by atoms with van der Waals surface area (Å²) in [6.45, 7) is 4.96. The van der Waals surface area contributed by atoms with Crippen LogP contribution in [0.4, 0.5) is 5.69 Å².